The van der Waals surface area contributed by atoms with E-state index in [1.807, 2.05) is 6.07 Å². The fraction of sp³-hybridized carbons (Fsp3) is 0.0500. The summed E-state index contributed by atoms with van der Waals surface area (Å²) in [5.41, 5.74) is 0.895. The van der Waals surface area contributed by atoms with Crippen LogP contribution in [0, 0.1) is 14.9 Å². The van der Waals surface area contributed by atoms with Crippen LogP contribution in [0.15, 0.2) is 60.7 Å². The van der Waals surface area contributed by atoms with Crippen molar-refractivity contribution in [2.45, 2.75) is 0 Å². The van der Waals surface area contributed by atoms with E-state index in [9.17, 15) is 14.9 Å². The van der Waals surface area contributed by atoms with Crippen molar-refractivity contribution in [1.29, 1.82) is 5.26 Å². The zero-order chi connectivity index (χ0) is 19.8. The van der Waals surface area contributed by atoms with Crippen molar-refractivity contribution in [2.75, 3.05) is 11.9 Å². The van der Waals surface area contributed by atoms with Crippen LogP contribution in [0.5, 0.6) is 5.75 Å². The normalized spacial score (nSPS) is 10.6. The lowest BCUT2D eigenvalue weighted by molar-refractivity contribution is -0.112. The van der Waals surface area contributed by atoms with Crippen molar-refractivity contribution in [3.05, 3.63) is 75.4 Å². The molecule has 0 radical (unpaired) electrons. The molecule has 0 bridgehead atoms. The first kappa shape index (κ1) is 20.2. The minimum Gasteiger partial charge on any atom is -0.488 e. The number of anilines is 1. The monoisotopic (exact) mass is 474 g/mol. The molecular weight excluding hydrogens is 459 g/mol. The summed E-state index contributed by atoms with van der Waals surface area (Å²) in [4.78, 5) is 23.3. The summed E-state index contributed by atoms with van der Waals surface area (Å²) in [6.07, 6.45) is 3.09. The van der Waals surface area contributed by atoms with Gasteiger partial charge in [-0.05, 0) is 64.6 Å². The summed E-state index contributed by atoms with van der Waals surface area (Å²) in [5, 5.41) is 20.8. The quantitative estimate of drug-likeness (QED) is 0.273. The number of halogens is 1. The number of hydrogen-bond acceptors (Lipinski definition) is 4. The lowest BCUT2D eigenvalue weighted by Gasteiger charge is -2.07. The fourth-order valence-corrected chi connectivity index (χ4v) is 2.81. The van der Waals surface area contributed by atoms with Gasteiger partial charge in [0.05, 0.1) is 9.13 Å². The summed E-state index contributed by atoms with van der Waals surface area (Å²) in [6, 6.07) is 12.9. The number of carbonyl (C=O) groups is 2. The second-order valence-corrected chi connectivity index (χ2v) is 6.46. The van der Waals surface area contributed by atoms with E-state index < -0.39 is 11.9 Å². The summed E-state index contributed by atoms with van der Waals surface area (Å²) < 4.78 is 6.32. The standard InChI is InChI=1S/C20H15IN2O4/c1-2-8-27-18-7-6-13(10-17(18)21)9-15(12-22)19(24)23-16-5-3-4-14(11-16)20(25)26/h2-7,9-11H,1,8H2,(H,23,24)(H,25,26)/b15-9-. The maximum absolute atomic E-state index is 12.3. The average Bonchev–Trinajstić information content (AvgIpc) is 2.65. The zero-order valence-electron chi connectivity index (χ0n) is 14.1. The topological polar surface area (TPSA) is 99.4 Å². The zero-order valence-corrected chi connectivity index (χ0v) is 16.3. The predicted molar refractivity (Wildman–Crippen MR) is 110 cm³/mol. The van der Waals surface area contributed by atoms with Crippen molar-refractivity contribution < 1.29 is 19.4 Å². The van der Waals surface area contributed by atoms with Crippen LogP contribution >= 0.6 is 22.6 Å². The summed E-state index contributed by atoms with van der Waals surface area (Å²) >= 11 is 2.10. The van der Waals surface area contributed by atoms with Gasteiger partial charge in [0.25, 0.3) is 5.91 Å². The van der Waals surface area contributed by atoms with Gasteiger partial charge in [0.2, 0.25) is 0 Å². The maximum Gasteiger partial charge on any atom is 0.335 e. The van der Waals surface area contributed by atoms with Gasteiger partial charge in [0, 0.05) is 5.69 Å². The van der Waals surface area contributed by atoms with Gasteiger partial charge >= 0.3 is 5.97 Å². The van der Waals surface area contributed by atoms with Crippen LogP contribution in [0.4, 0.5) is 5.69 Å². The molecule has 0 aliphatic heterocycles. The second-order valence-electron chi connectivity index (χ2n) is 5.30. The highest BCUT2D eigenvalue weighted by atomic mass is 127. The second kappa shape index (κ2) is 9.54. The summed E-state index contributed by atoms with van der Waals surface area (Å²) in [7, 11) is 0. The van der Waals surface area contributed by atoms with E-state index in [-0.39, 0.29) is 11.1 Å². The van der Waals surface area contributed by atoms with E-state index in [1.165, 1.54) is 24.3 Å². The number of rotatable bonds is 7. The van der Waals surface area contributed by atoms with Gasteiger partial charge in [-0.1, -0.05) is 24.8 Å². The number of benzene rings is 2. The Morgan fingerprint density at radius 1 is 1.30 bits per heavy atom. The molecule has 0 fully saturated rings. The number of carbonyl (C=O) groups excluding carboxylic acids is 1. The van der Waals surface area contributed by atoms with Crippen LogP contribution in [0.1, 0.15) is 15.9 Å². The van der Waals surface area contributed by atoms with Crippen LogP contribution in [0.2, 0.25) is 0 Å². The molecule has 0 unspecified atom stereocenters. The van der Waals surface area contributed by atoms with Gasteiger partial charge in [0.15, 0.2) is 0 Å². The molecule has 1 amide bonds. The van der Waals surface area contributed by atoms with E-state index in [4.69, 9.17) is 9.84 Å². The number of nitrogens with zero attached hydrogens (tertiary/aromatic N) is 1. The number of amides is 1. The molecule has 0 aliphatic rings. The first-order valence-corrected chi connectivity index (χ1v) is 8.82. The average molecular weight is 474 g/mol. The van der Waals surface area contributed by atoms with Crippen molar-refractivity contribution in [3.63, 3.8) is 0 Å². The number of nitriles is 1. The Morgan fingerprint density at radius 2 is 2.07 bits per heavy atom. The number of carboxylic acid groups (broad SMARTS) is 1. The molecule has 0 aromatic heterocycles. The van der Waals surface area contributed by atoms with Crippen LogP contribution in [0.3, 0.4) is 0 Å². The molecule has 6 nitrogen and oxygen atoms in total. The maximum atomic E-state index is 12.3. The van der Waals surface area contributed by atoms with Crippen molar-refractivity contribution >= 4 is 46.2 Å². The molecule has 7 heteroatoms. The molecule has 0 saturated carbocycles. The minimum atomic E-state index is -1.10. The molecule has 0 saturated heterocycles. The lowest BCUT2D eigenvalue weighted by atomic mass is 10.1. The Morgan fingerprint density at radius 3 is 2.70 bits per heavy atom. The molecule has 2 aromatic rings. The lowest BCUT2D eigenvalue weighted by Crippen LogP contribution is -2.14. The largest absolute Gasteiger partial charge is 0.488 e. The first-order chi connectivity index (χ1) is 12.9. The van der Waals surface area contributed by atoms with Crippen molar-refractivity contribution in [3.8, 4) is 11.8 Å². The van der Waals surface area contributed by atoms with Crippen molar-refractivity contribution in [2.24, 2.45) is 0 Å². The van der Waals surface area contributed by atoms with E-state index in [2.05, 4.69) is 34.5 Å². The molecule has 136 valence electrons. The molecule has 0 heterocycles. The van der Waals surface area contributed by atoms with Crippen LogP contribution in [-0.4, -0.2) is 23.6 Å². The molecule has 0 aliphatic carbocycles. The van der Waals surface area contributed by atoms with E-state index in [1.54, 1.807) is 30.3 Å². The van der Waals surface area contributed by atoms with E-state index >= 15 is 0 Å². The summed E-state index contributed by atoms with van der Waals surface area (Å²) in [5.74, 6) is -1.04. The molecule has 2 rings (SSSR count). The van der Waals surface area contributed by atoms with Gasteiger partial charge in [-0.15, -0.1) is 0 Å². The molecule has 0 spiro atoms. The number of nitrogens with one attached hydrogen (secondary N) is 1. The smallest absolute Gasteiger partial charge is 0.335 e. The highest BCUT2D eigenvalue weighted by molar-refractivity contribution is 14.1. The number of aromatic carboxylic acids is 1. The number of carboxylic acids is 1. The van der Waals surface area contributed by atoms with E-state index in [0.717, 1.165) is 3.57 Å². The third-order valence-electron chi connectivity index (χ3n) is 3.36. The molecule has 2 aromatic carbocycles. The highest BCUT2D eigenvalue weighted by Crippen LogP contribution is 2.23. The van der Waals surface area contributed by atoms with Gasteiger partial charge < -0.3 is 15.2 Å². The van der Waals surface area contributed by atoms with Crippen LogP contribution in [0.25, 0.3) is 6.08 Å². The Kier molecular flexibility index (Phi) is 7.14. The first-order valence-electron chi connectivity index (χ1n) is 7.74. The fourth-order valence-electron chi connectivity index (χ4n) is 2.12. The molecular formula is C20H15IN2O4. The Bertz CT molecular complexity index is 961. The third-order valence-corrected chi connectivity index (χ3v) is 4.20. The minimum absolute atomic E-state index is 0.0416. The Labute approximate surface area is 169 Å². The third kappa shape index (κ3) is 5.69. The summed E-state index contributed by atoms with van der Waals surface area (Å²) in [6.45, 7) is 3.97. The van der Waals surface area contributed by atoms with Gasteiger partial charge in [-0.3, -0.25) is 4.79 Å². The van der Waals surface area contributed by atoms with Gasteiger partial charge in [-0.25, -0.2) is 4.79 Å². The SMILES string of the molecule is C=CCOc1ccc(/C=C(/C#N)C(=O)Nc2cccc(C(=O)O)c2)cc1I. The van der Waals surface area contributed by atoms with Crippen LogP contribution in [-0.2, 0) is 4.79 Å². The molecule has 0 atom stereocenters. The van der Waals surface area contributed by atoms with E-state index in [0.29, 0.717) is 23.6 Å². The molecule has 2 N–H and O–H groups in total. The highest BCUT2D eigenvalue weighted by Gasteiger charge is 2.12. The Balaban J connectivity index is 2.20. The van der Waals surface area contributed by atoms with Crippen molar-refractivity contribution in [1.82, 2.24) is 0 Å². The predicted octanol–water partition coefficient (Wildman–Crippen LogP) is 4.10. The number of ether oxygens (including phenoxy) is 1. The Hall–Kier alpha value is -3.12. The van der Waals surface area contributed by atoms with Crippen LogP contribution < -0.4 is 10.1 Å². The number of hydrogen-bond donors (Lipinski definition) is 2. The van der Waals surface area contributed by atoms with Gasteiger partial charge in [0.1, 0.15) is 24.0 Å². The van der Waals surface area contributed by atoms with Gasteiger partial charge in [-0.2, -0.15) is 5.26 Å². The molecule has 27 heavy (non-hydrogen) atoms.